The van der Waals surface area contributed by atoms with Gasteiger partial charge in [0, 0.05) is 30.2 Å². The molecule has 3 aliphatic rings. The van der Waals surface area contributed by atoms with Crippen LogP contribution in [0.15, 0.2) is 36.5 Å². The number of halogens is 3. The van der Waals surface area contributed by atoms with Crippen LogP contribution in [0.1, 0.15) is 43.4 Å². The van der Waals surface area contributed by atoms with Gasteiger partial charge in [-0.3, -0.25) is 10.00 Å². The molecule has 1 saturated carbocycles. The van der Waals surface area contributed by atoms with Gasteiger partial charge in [0.15, 0.2) is 0 Å². The Hall–Kier alpha value is -3.14. The molecule has 1 aromatic carbocycles. The second kappa shape index (κ2) is 7.18. The van der Waals surface area contributed by atoms with Crippen molar-refractivity contribution in [3.05, 3.63) is 42.1 Å². The summed E-state index contributed by atoms with van der Waals surface area (Å²) in [6.07, 6.45) is -2.81. The number of carbonyl (C=O) groups is 1. The molecular formula is C23H22F3N5O2. The topological polar surface area (TPSA) is 81.1 Å². The molecular weight excluding hydrogens is 435 g/mol. The lowest BCUT2D eigenvalue weighted by atomic mass is 9.68. The van der Waals surface area contributed by atoms with E-state index in [1.165, 1.54) is 12.3 Å². The fraction of sp³-hybridized carbons (Fsp3) is 0.435. The number of fused-ring (bicyclic) bond motifs is 2. The number of carbonyl (C=O) groups excluding carboxylic acids is 1. The number of cyclic esters (lactones) is 1. The number of anilines is 1. The van der Waals surface area contributed by atoms with Crippen molar-refractivity contribution in [3.63, 3.8) is 0 Å². The van der Waals surface area contributed by atoms with Crippen molar-refractivity contribution in [3.8, 4) is 11.3 Å². The molecule has 4 heterocycles. The van der Waals surface area contributed by atoms with Crippen molar-refractivity contribution in [1.82, 2.24) is 20.1 Å². The minimum absolute atomic E-state index is 0.151. The zero-order valence-electron chi connectivity index (χ0n) is 17.7. The molecule has 1 amide bonds. The first kappa shape index (κ1) is 20.5. The first-order valence-corrected chi connectivity index (χ1v) is 11.1. The largest absolute Gasteiger partial charge is 0.431 e. The highest BCUT2D eigenvalue weighted by Crippen LogP contribution is 2.48. The Morgan fingerprint density at radius 2 is 1.88 bits per heavy atom. The third kappa shape index (κ3) is 3.26. The van der Waals surface area contributed by atoms with Crippen molar-refractivity contribution in [1.29, 1.82) is 0 Å². The molecule has 0 radical (unpaired) electrons. The molecule has 3 aromatic rings. The first-order valence-electron chi connectivity index (χ1n) is 11.1. The number of amides is 1. The van der Waals surface area contributed by atoms with Crippen LogP contribution in [0.25, 0.3) is 22.2 Å². The van der Waals surface area contributed by atoms with Gasteiger partial charge < -0.3 is 10.1 Å². The van der Waals surface area contributed by atoms with Crippen LogP contribution < -0.4 is 10.6 Å². The molecule has 6 rings (SSSR count). The van der Waals surface area contributed by atoms with Crippen molar-refractivity contribution in [2.75, 3.05) is 18.4 Å². The summed E-state index contributed by atoms with van der Waals surface area (Å²) in [4.78, 5) is 15.7. The third-order valence-electron chi connectivity index (χ3n) is 7.23. The number of benzene rings is 1. The number of nitrogens with zero attached hydrogens (tertiary/aromatic N) is 3. The highest BCUT2D eigenvalue weighted by atomic mass is 19.4. The van der Waals surface area contributed by atoms with Gasteiger partial charge in [-0.05, 0) is 43.2 Å². The fourth-order valence-corrected chi connectivity index (χ4v) is 5.43. The maximum atomic E-state index is 13.8. The number of alkyl halides is 3. The number of hydrogen-bond acceptors (Lipinski definition) is 5. The summed E-state index contributed by atoms with van der Waals surface area (Å²) >= 11 is 0. The van der Waals surface area contributed by atoms with E-state index in [0.717, 1.165) is 49.7 Å². The molecule has 1 aliphatic carbocycles. The van der Waals surface area contributed by atoms with Gasteiger partial charge in [0.05, 0.1) is 17.1 Å². The van der Waals surface area contributed by atoms with E-state index >= 15 is 0 Å². The van der Waals surface area contributed by atoms with E-state index < -0.39 is 18.4 Å². The maximum Gasteiger partial charge on any atom is 0.430 e. The van der Waals surface area contributed by atoms with Crippen molar-refractivity contribution < 1.29 is 22.7 Å². The molecule has 7 nitrogen and oxygen atoms in total. The van der Waals surface area contributed by atoms with Crippen molar-refractivity contribution >= 4 is 22.8 Å². The van der Waals surface area contributed by atoms with E-state index in [0.29, 0.717) is 11.1 Å². The fourth-order valence-electron chi connectivity index (χ4n) is 5.43. The van der Waals surface area contributed by atoms with Gasteiger partial charge >= 0.3 is 12.3 Å². The molecule has 0 bridgehead atoms. The summed E-state index contributed by atoms with van der Waals surface area (Å²) in [7, 11) is 0. The molecule has 33 heavy (non-hydrogen) atoms. The predicted octanol–water partition coefficient (Wildman–Crippen LogP) is 4.97. The Labute approximate surface area is 187 Å². The second-order valence-corrected chi connectivity index (χ2v) is 9.22. The van der Waals surface area contributed by atoms with E-state index in [9.17, 15) is 18.0 Å². The van der Waals surface area contributed by atoms with E-state index in [4.69, 9.17) is 5.10 Å². The number of ether oxygens (including phenoxy) is 1. The lowest BCUT2D eigenvalue weighted by Crippen LogP contribution is -2.54. The lowest BCUT2D eigenvalue weighted by molar-refractivity contribution is -0.206. The quantitative estimate of drug-likeness (QED) is 0.568. The number of nitrogens with one attached hydrogen (secondary N) is 2. The summed E-state index contributed by atoms with van der Waals surface area (Å²) in [6, 6.07) is 9.27. The van der Waals surface area contributed by atoms with Gasteiger partial charge in [-0.15, -0.1) is 0 Å². The highest BCUT2D eigenvalue weighted by molar-refractivity contribution is 5.97. The zero-order chi connectivity index (χ0) is 22.8. The third-order valence-corrected chi connectivity index (χ3v) is 7.23. The molecule has 172 valence electrons. The number of pyridine rings is 1. The molecule has 10 heteroatoms. The predicted molar refractivity (Wildman–Crippen MR) is 115 cm³/mol. The van der Waals surface area contributed by atoms with Crippen LogP contribution in [-0.2, 0) is 4.74 Å². The Balaban J connectivity index is 1.47. The van der Waals surface area contributed by atoms with Crippen LogP contribution in [0, 0.1) is 5.41 Å². The average Bonchev–Trinajstić information content (AvgIpc) is 3.16. The Kier molecular flexibility index (Phi) is 4.45. The number of para-hydroxylation sites is 1. The second-order valence-electron chi connectivity index (χ2n) is 9.22. The summed E-state index contributed by atoms with van der Waals surface area (Å²) in [5, 5.41) is 11.3. The summed E-state index contributed by atoms with van der Waals surface area (Å²) in [6.45, 7) is 2.11. The van der Waals surface area contributed by atoms with Gasteiger partial charge in [0.2, 0.25) is 6.10 Å². The Morgan fingerprint density at radius 3 is 2.58 bits per heavy atom. The maximum absolute atomic E-state index is 13.8. The molecule has 1 spiro atoms. The molecule has 1 atom stereocenters. The van der Waals surface area contributed by atoms with Crippen LogP contribution in [0.2, 0.25) is 0 Å². The van der Waals surface area contributed by atoms with Gasteiger partial charge in [-0.2, -0.15) is 18.3 Å². The molecule has 2 fully saturated rings. The zero-order valence-corrected chi connectivity index (χ0v) is 17.7. The van der Waals surface area contributed by atoms with Crippen LogP contribution in [0.4, 0.5) is 23.8 Å². The van der Waals surface area contributed by atoms with Gasteiger partial charge in [0.1, 0.15) is 11.5 Å². The van der Waals surface area contributed by atoms with Crippen LogP contribution in [0.3, 0.4) is 0 Å². The SMILES string of the molecule is O=C1Nc2nccc(-c3nn(C4CCC5(CC4)CNC5)c4ccccc34)c2[C@H](C(F)(F)F)O1. The van der Waals surface area contributed by atoms with Gasteiger partial charge in [0.25, 0.3) is 0 Å². The smallest absolute Gasteiger partial charge is 0.430 e. The number of aromatic nitrogens is 3. The summed E-state index contributed by atoms with van der Waals surface area (Å²) in [5.74, 6) is -0.151. The molecule has 1 saturated heterocycles. The molecule has 2 aliphatic heterocycles. The first-order chi connectivity index (χ1) is 15.8. The van der Waals surface area contributed by atoms with Crippen LogP contribution in [-0.4, -0.2) is 40.1 Å². The normalized spacial score (nSPS) is 22.5. The lowest BCUT2D eigenvalue weighted by Gasteiger charge is -2.47. The number of hydrogen-bond donors (Lipinski definition) is 2. The van der Waals surface area contributed by atoms with Gasteiger partial charge in [-0.25, -0.2) is 9.78 Å². The molecule has 2 N–H and O–H groups in total. The summed E-state index contributed by atoms with van der Waals surface area (Å²) in [5.41, 5.74) is 1.75. The Bertz CT molecular complexity index is 1240. The number of rotatable bonds is 2. The summed E-state index contributed by atoms with van der Waals surface area (Å²) < 4.78 is 48.2. The minimum Gasteiger partial charge on any atom is -0.431 e. The van der Waals surface area contributed by atoms with E-state index in [1.54, 1.807) is 0 Å². The molecule has 2 aromatic heterocycles. The van der Waals surface area contributed by atoms with E-state index in [-0.39, 0.29) is 23.0 Å². The van der Waals surface area contributed by atoms with Gasteiger partial charge in [-0.1, -0.05) is 18.2 Å². The standard InChI is InChI=1S/C23H22F3N5O2/c24-23(25,26)19-17-15(7-10-28-20(17)29-21(32)33-19)18-14-3-1-2-4-16(14)31(30-18)13-5-8-22(9-6-13)11-27-12-22/h1-4,7,10,13,19,27H,5-6,8-9,11-12H2,(H,28,29,32)/t19-/m1/s1. The van der Waals surface area contributed by atoms with E-state index in [1.807, 2.05) is 28.9 Å². The minimum atomic E-state index is -4.78. The Morgan fingerprint density at radius 1 is 1.12 bits per heavy atom. The van der Waals surface area contributed by atoms with Crippen LogP contribution >= 0.6 is 0 Å². The van der Waals surface area contributed by atoms with Crippen LogP contribution in [0.5, 0.6) is 0 Å². The monoisotopic (exact) mass is 457 g/mol. The van der Waals surface area contributed by atoms with Crippen molar-refractivity contribution in [2.45, 2.75) is 44.0 Å². The highest BCUT2D eigenvalue weighted by Gasteiger charge is 2.49. The average molecular weight is 457 g/mol. The van der Waals surface area contributed by atoms with E-state index in [2.05, 4.69) is 20.4 Å². The molecule has 0 unspecified atom stereocenters. The van der Waals surface area contributed by atoms with Crippen molar-refractivity contribution in [2.24, 2.45) is 5.41 Å².